The molecular weight excluding hydrogens is 470 g/mol. The van der Waals surface area contributed by atoms with Crippen LogP contribution >= 0.6 is 11.6 Å². The maximum Gasteiger partial charge on any atom is 0.275 e. The minimum atomic E-state index is -3.43. The highest BCUT2D eigenvalue weighted by molar-refractivity contribution is 6.31. The lowest BCUT2D eigenvalue weighted by atomic mass is 10.1. The first kappa shape index (κ1) is 19.7. The predicted octanol–water partition coefficient (Wildman–Crippen LogP) is 2.46. The van der Waals surface area contributed by atoms with Gasteiger partial charge in [0.2, 0.25) is 0 Å². The van der Waals surface area contributed by atoms with Gasteiger partial charge in [-0.25, -0.2) is 22.5 Å². The van der Waals surface area contributed by atoms with Gasteiger partial charge in [-0.15, -0.1) is 0 Å². The molecule has 1 fully saturated rings. The third-order valence-electron chi connectivity index (χ3n) is 5.71. The van der Waals surface area contributed by atoms with Gasteiger partial charge in [0, 0.05) is 34.8 Å². The number of carbonyl (C=O) groups excluding carboxylic acids is 2. The monoisotopic (exact) mass is 490 g/mol. The molecule has 1 aliphatic carbocycles. The minimum absolute atomic E-state index is 0.0921. The molecule has 2 aliphatic rings. The molecule has 0 spiro atoms. The van der Waals surface area contributed by atoms with E-state index in [2.05, 4.69) is 4.98 Å². The van der Waals surface area contributed by atoms with Gasteiger partial charge in [-0.05, 0) is 31.0 Å². The molecule has 2 amide bonds. The second-order valence-electron chi connectivity index (χ2n) is 7.78. The number of aromatic nitrogens is 1. The summed E-state index contributed by atoms with van der Waals surface area (Å²) in [7, 11) is 0. The van der Waals surface area contributed by atoms with Crippen LogP contribution in [0.2, 0.25) is 5.02 Å². The van der Waals surface area contributed by atoms with Crippen molar-refractivity contribution in [1.82, 2.24) is 4.98 Å². The van der Waals surface area contributed by atoms with Crippen LogP contribution in [-0.4, -0.2) is 52.2 Å². The normalized spacial score (nSPS) is 25.5. The molecular formula is C21H18ClF4N3O4. The number of aliphatic hydroxyl groups excluding tert-OH is 2. The van der Waals surface area contributed by atoms with E-state index in [1.54, 1.807) is 0 Å². The Morgan fingerprint density at radius 1 is 1.30 bits per heavy atom. The zero-order chi connectivity index (χ0) is 26.9. The lowest BCUT2D eigenvalue weighted by Crippen LogP contribution is -2.50. The van der Waals surface area contributed by atoms with Crippen molar-refractivity contribution in [2.75, 3.05) is 16.8 Å². The standard InChI is InChI=1S/C21H18ClF4N3O4/c1-8-15-9(3-4-21(15,25)26)5-14(27-8)29-16(17(30)18(31)20(29)33)19(32)28(2)13-6-10(22)11(23)7-12(13)24/h5-7,16-18,30-31H,3-4H2,1-2H3/t16-,17-,18-/m0/s1/i2D3. The van der Waals surface area contributed by atoms with Crippen LogP contribution in [0.15, 0.2) is 18.2 Å². The Morgan fingerprint density at radius 3 is 2.67 bits per heavy atom. The summed E-state index contributed by atoms with van der Waals surface area (Å²) in [6.07, 6.45) is -5.03. The van der Waals surface area contributed by atoms with Crippen molar-refractivity contribution in [1.29, 1.82) is 0 Å². The van der Waals surface area contributed by atoms with Crippen LogP contribution in [0.1, 0.15) is 27.4 Å². The van der Waals surface area contributed by atoms with Crippen molar-refractivity contribution in [2.45, 2.75) is 43.9 Å². The van der Waals surface area contributed by atoms with E-state index < -0.39 is 77.5 Å². The van der Waals surface area contributed by atoms with Crippen molar-refractivity contribution in [3.63, 3.8) is 0 Å². The van der Waals surface area contributed by atoms with Crippen LogP contribution in [0.5, 0.6) is 0 Å². The molecule has 0 unspecified atom stereocenters. The number of alkyl halides is 2. The van der Waals surface area contributed by atoms with Gasteiger partial charge in [0.1, 0.15) is 29.6 Å². The smallest absolute Gasteiger partial charge is 0.275 e. The predicted molar refractivity (Wildman–Crippen MR) is 109 cm³/mol. The number of anilines is 2. The van der Waals surface area contributed by atoms with E-state index in [4.69, 9.17) is 15.7 Å². The third-order valence-corrected chi connectivity index (χ3v) is 6.00. The number of amides is 2. The molecule has 2 N–H and O–H groups in total. The minimum Gasteiger partial charge on any atom is -0.387 e. The van der Waals surface area contributed by atoms with Gasteiger partial charge < -0.3 is 15.1 Å². The van der Waals surface area contributed by atoms with E-state index >= 15 is 0 Å². The summed E-state index contributed by atoms with van der Waals surface area (Å²) in [5.74, 6) is -9.14. The fourth-order valence-electron chi connectivity index (χ4n) is 4.15. The Bertz CT molecular complexity index is 1280. The first-order valence-electron chi connectivity index (χ1n) is 11.1. The molecule has 2 aromatic rings. The highest BCUT2D eigenvalue weighted by atomic mass is 35.5. The van der Waals surface area contributed by atoms with Crippen LogP contribution in [0.4, 0.5) is 29.1 Å². The van der Waals surface area contributed by atoms with Gasteiger partial charge in [0.05, 0.1) is 10.7 Å². The summed E-state index contributed by atoms with van der Waals surface area (Å²) in [6, 6.07) is -0.275. The number of halogens is 5. The molecule has 1 aromatic carbocycles. The van der Waals surface area contributed by atoms with Gasteiger partial charge in [0.25, 0.3) is 17.7 Å². The molecule has 4 rings (SSSR count). The van der Waals surface area contributed by atoms with E-state index in [1.165, 1.54) is 6.92 Å². The summed E-state index contributed by atoms with van der Waals surface area (Å²) >= 11 is 5.65. The molecule has 0 saturated carbocycles. The Labute approximate surface area is 194 Å². The molecule has 7 nitrogen and oxygen atoms in total. The molecule has 0 radical (unpaired) electrons. The van der Waals surface area contributed by atoms with E-state index in [0.29, 0.717) is 11.0 Å². The maximum atomic E-state index is 14.6. The van der Waals surface area contributed by atoms with Gasteiger partial charge in [-0.3, -0.25) is 14.5 Å². The van der Waals surface area contributed by atoms with Crippen molar-refractivity contribution in [3.05, 3.63) is 51.7 Å². The van der Waals surface area contributed by atoms with E-state index in [-0.39, 0.29) is 34.2 Å². The number of fused-ring (bicyclic) bond motifs is 1. The Kier molecular flexibility index (Phi) is 4.73. The van der Waals surface area contributed by atoms with Crippen LogP contribution in [-0.2, 0) is 21.9 Å². The Balaban J connectivity index is 1.85. The molecule has 12 heteroatoms. The fraction of sp³-hybridized carbons (Fsp3) is 0.381. The SMILES string of the molecule is [2H]C([2H])([2H])N(C(=O)[C@@H]1[C@H](O)[C@H](O)C(=O)N1c1cc2c(c(C)n1)C(F)(F)CC2)c1cc(Cl)c(F)cc1F. The Hall–Kier alpha value is -2.76. The number of likely N-dealkylation sites (N-methyl/N-ethyl adjacent to an activating group) is 1. The van der Waals surface area contributed by atoms with Gasteiger partial charge >= 0.3 is 0 Å². The molecule has 2 heterocycles. The first-order chi connectivity index (χ1) is 16.6. The average Bonchev–Trinajstić information content (AvgIpc) is 3.18. The van der Waals surface area contributed by atoms with Crippen LogP contribution in [0.3, 0.4) is 0 Å². The number of carbonyl (C=O) groups is 2. The van der Waals surface area contributed by atoms with Crippen LogP contribution in [0, 0.1) is 18.6 Å². The second-order valence-corrected chi connectivity index (χ2v) is 8.19. The van der Waals surface area contributed by atoms with Crippen molar-refractivity contribution >= 4 is 34.9 Å². The lowest BCUT2D eigenvalue weighted by molar-refractivity contribution is -0.126. The molecule has 1 saturated heterocycles. The maximum absolute atomic E-state index is 14.6. The molecule has 1 aromatic heterocycles. The zero-order valence-electron chi connectivity index (χ0n) is 19.8. The number of hydrogen-bond donors (Lipinski definition) is 2. The third kappa shape index (κ3) is 3.64. The topological polar surface area (TPSA) is 94.0 Å². The van der Waals surface area contributed by atoms with Gasteiger partial charge in [-0.2, -0.15) is 0 Å². The lowest BCUT2D eigenvalue weighted by Gasteiger charge is -2.29. The van der Waals surface area contributed by atoms with Crippen molar-refractivity contribution in [3.8, 4) is 0 Å². The van der Waals surface area contributed by atoms with Crippen LogP contribution in [0.25, 0.3) is 0 Å². The molecule has 33 heavy (non-hydrogen) atoms. The number of rotatable bonds is 3. The quantitative estimate of drug-likeness (QED) is 0.509. The van der Waals surface area contributed by atoms with Gasteiger partial charge in [0.15, 0.2) is 6.10 Å². The summed E-state index contributed by atoms with van der Waals surface area (Å²) in [5.41, 5.74) is -1.40. The number of aryl methyl sites for hydroxylation is 2. The molecule has 0 bridgehead atoms. The van der Waals surface area contributed by atoms with E-state index in [0.717, 1.165) is 6.07 Å². The first-order valence-corrected chi connectivity index (χ1v) is 10.0. The molecule has 1 aliphatic heterocycles. The summed E-state index contributed by atoms with van der Waals surface area (Å²) in [6.45, 7) is -2.18. The number of nitrogens with zero attached hydrogens (tertiary/aromatic N) is 3. The number of benzene rings is 1. The van der Waals surface area contributed by atoms with Crippen LogP contribution < -0.4 is 9.80 Å². The summed E-state index contributed by atoms with van der Waals surface area (Å²) in [5, 5.41) is 20.0. The highest BCUT2D eigenvalue weighted by Gasteiger charge is 2.53. The van der Waals surface area contributed by atoms with Crippen molar-refractivity contribution < 1.29 is 41.5 Å². The Morgan fingerprint density at radius 2 is 2.00 bits per heavy atom. The average molecular weight is 491 g/mol. The molecule has 176 valence electrons. The number of hydrogen-bond acceptors (Lipinski definition) is 5. The summed E-state index contributed by atoms with van der Waals surface area (Å²) in [4.78, 5) is 30.7. The van der Waals surface area contributed by atoms with E-state index in [1.807, 2.05) is 0 Å². The van der Waals surface area contributed by atoms with Crippen molar-refractivity contribution in [2.24, 2.45) is 0 Å². The van der Waals surface area contributed by atoms with Gasteiger partial charge in [-0.1, -0.05) is 11.6 Å². The number of aliphatic hydroxyl groups is 2. The number of pyridine rings is 1. The highest BCUT2D eigenvalue weighted by Crippen LogP contribution is 2.44. The molecule has 3 atom stereocenters. The largest absolute Gasteiger partial charge is 0.387 e. The fourth-order valence-corrected chi connectivity index (χ4v) is 4.31. The summed E-state index contributed by atoms with van der Waals surface area (Å²) < 4.78 is 80.0. The zero-order valence-corrected chi connectivity index (χ0v) is 17.6. The van der Waals surface area contributed by atoms with E-state index in [9.17, 15) is 37.4 Å². The second kappa shape index (κ2) is 7.93.